The predicted molar refractivity (Wildman–Crippen MR) is 112 cm³/mol. The summed E-state index contributed by atoms with van der Waals surface area (Å²) in [5.74, 6) is 2.36. The number of aromatic nitrogens is 1. The molecule has 142 valence electrons. The number of phenols is 2. The average molecular weight is 373 g/mol. The molecular formula is C24H23NO3. The first-order chi connectivity index (χ1) is 13.4. The number of hydrogen-bond donors (Lipinski definition) is 2. The summed E-state index contributed by atoms with van der Waals surface area (Å²) in [5, 5.41) is 20.5. The zero-order valence-electron chi connectivity index (χ0n) is 16.2. The molecule has 3 aromatic carbocycles. The van der Waals surface area contributed by atoms with Crippen molar-refractivity contribution < 1.29 is 14.9 Å². The summed E-state index contributed by atoms with van der Waals surface area (Å²) in [7, 11) is 1.94. The lowest BCUT2D eigenvalue weighted by Crippen LogP contribution is -1.93. The van der Waals surface area contributed by atoms with Gasteiger partial charge in [-0.05, 0) is 60.0 Å². The molecule has 2 N–H and O–H groups in total. The quantitative estimate of drug-likeness (QED) is 0.450. The van der Waals surface area contributed by atoms with Crippen LogP contribution in [0.15, 0.2) is 66.7 Å². The molecular weight excluding hydrogens is 350 g/mol. The summed E-state index contributed by atoms with van der Waals surface area (Å²) < 4.78 is 8.34. The molecule has 0 atom stereocenters. The molecule has 4 rings (SSSR count). The van der Waals surface area contributed by atoms with E-state index in [-0.39, 0.29) is 11.5 Å². The van der Waals surface area contributed by atoms with Crippen LogP contribution in [0.25, 0.3) is 22.2 Å². The van der Waals surface area contributed by atoms with Crippen LogP contribution in [0.3, 0.4) is 0 Å². The van der Waals surface area contributed by atoms with Crippen LogP contribution in [0.2, 0.25) is 0 Å². The van der Waals surface area contributed by atoms with E-state index < -0.39 is 0 Å². The van der Waals surface area contributed by atoms with Crippen molar-refractivity contribution in [3.8, 4) is 34.3 Å². The highest BCUT2D eigenvalue weighted by Gasteiger charge is 2.19. The third-order valence-corrected chi connectivity index (χ3v) is 5.05. The fourth-order valence-corrected chi connectivity index (χ4v) is 3.48. The molecule has 4 nitrogen and oxygen atoms in total. The predicted octanol–water partition coefficient (Wildman–Crippen LogP) is 6.17. The van der Waals surface area contributed by atoms with E-state index in [1.165, 1.54) is 5.56 Å². The zero-order chi connectivity index (χ0) is 19.8. The Balaban J connectivity index is 1.87. The summed E-state index contributed by atoms with van der Waals surface area (Å²) in [6.45, 7) is 4.33. The highest BCUT2D eigenvalue weighted by molar-refractivity contribution is 5.96. The average Bonchev–Trinajstić information content (AvgIpc) is 2.94. The number of aryl methyl sites for hydroxylation is 1. The molecule has 0 radical (unpaired) electrons. The minimum Gasteiger partial charge on any atom is -0.508 e. The van der Waals surface area contributed by atoms with E-state index in [4.69, 9.17) is 4.74 Å². The van der Waals surface area contributed by atoms with Crippen molar-refractivity contribution in [2.45, 2.75) is 19.8 Å². The molecule has 28 heavy (non-hydrogen) atoms. The summed E-state index contributed by atoms with van der Waals surface area (Å²) in [6.07, 6.45) is 0. The molecule has 0 unspecified atom stereocenters. The Hall–Kier alpha value is -3.40. The zero-order valence-corrected chi connectivity index (χ0v) is 16.2. The van der Waals surface area contributed by atoms with Crippen LogP contribution < -0.4 is 4.74 Å². The van der Waals surface area contributed by atoms with Gasteiger partial charge in [0.1, 0.15) is 17.2 Å². The Morgan fingerprint density at radius 3 is 2.11 bits per heavy atom. The highest BCUT2D eigenvalue weighted by atomic mass is 16.5. The van der Waals surface area contributed by atoms with E-state index in [0.29, 0.717) is 5.92 Å². The van der Waals surface area contributed by atoms with Crippen molar-refractivity contribution in [1.82, 2.24) is 4.57 Å². The second kappa shape index (κ2) is 6.97. The Bertz CT molecular complexity index is 1120. The van der Waals surface area contributed by atoms with Crippen LogP contribution in [-0.2, 0) is 7.05 Å². The van der Waals surface area contributed by atoms with Gasteiger partial charge >= 0.3 is 0 Å². The van der Waals surface area contributed by atoms with E-state index in [1.807, 2.05) is 41.9 Å². The summed E-state index contributed by atoms with van der Waals surface area (Å²) in [4.78, 5) is 0. The number of aromatic hydroxyl groups is 2. The lowest BCUT2D eigenvalue weighted by Gasteiger charge is -2.11. The van der Waals surface area contributed by atoms with Crippen LogP contribution in [0.1, 0.15) is 25.3 Å². The van der Waals surface area contributed by atoms with Crippen molar-refractivity contribution in [3.05, 3.63) is 72.3 Å². The van der Waals surface area contributed by atoms with E-state index >= 15 is 0 Å². The van der Waals surface area contributed by atoms with Crippen molar-refractivity contribution in [3.63, 3.8) is 0 Å². The maximum Gasteiger partial charge on any atom is 0.160 e. The van der Waals surface area contributed by atoms with Gasteiger partial charge in [0.15, 0.2) is 5.75 Å². The third kappa shape index (κ3) is 3.18. The lowest BCUT2D eigenvalue weighted by molar-refractivity contribution is 0.474. The number of ether oxygens (including phenoxy) is 1. The lowest BCUT2D eigenvalue weighted by atomic mass is 10.0. The fraction of sp³-hybridized carbons (Fsp3) is 0.167. The van der Waals surface area contributed by atoms with Gasteiger partial charge in [0.2, 0.25) is 0 Å². The number of benzene rings is 3. The monoisotopic (exact) mass is 373 g/mol. The molecule has 0 saturated carbocycles. The Morgan fingerprint density at radius 1 is 0.821 bits per heavy atom. The maximum atomic E-state index is 9.95. The van der Waals surface area contributed by atoms with Gasteiger partial charge in [-0.15, -0.1) is 0 Å². The molecule has 0 fully saturated rings. The SMILES string of the molecule is CC(C)c1ccc(Oc2c(-c3ccc(O)cc3)n(C)c3cc(O)ccc23)cc1. The van der Waals surface area contributed by atoms with Crippen molar-refractivity contribution in [2.75, 3.05) is 0 Å². The van der Waals surface area contributed by atoms with Gasteiger partial charge in [-0.1, -0.05) is 26.0 Å². The Morgan fingerprint density at radius 2 is 1.46 bits per heavy atom. The van der Waals surface area contributed by atoms with E-state index in [1.54, 1.807) is 24.3 Å². The summed E-state index contributed by atoms with van der Waals surface area (Å²) in [5.41, 5.74) is 3.93. The molecule has 0 bridgehead atoms. The first-order valence-corrected chi connectivity index (χ1v) is 9.32. The molecule has 0 saturated heterocycles. The van der Waals surface area contributed by atoms with E-state index in [2.05, 4.69) is 26.0 Å². The number of rotatable bonds is 4. The van der Waals surface area contributed by atoms with Crippen molar-refractivity contribution in [1.29, 1.82) is 0 Å². The van der Waals surface area contributed by atoms with Crippen LogP contribution in [-0.4, -0.2) is 14.8 Å². The number of hydrogen-bond acceptors (Lipinski definition) is 3. The van der Waals surface area contributed by atoms with Crippen LogP contribution >= 0.6 is 0 Å². The smallest absolute Gasteiger partial charge is 0.160 e. The van der Waals surface area contributed by atoms with Gasteiger partial charge in [-0.25, -0.2) is 0 Å². The fourth-order valence-electron chi connectivity index (χ4n) is 3.48. The van der Waals surface area contributed by atoms with Gasteiger partial charge in [0.05, 0.1) is 11.2 Å². The molecule has 0 aliphatic rings. The first kappa shape index (κ1) is 18.0. The largest absolute Gasteiger partial charge is 0.508 e. The van der Waals surface area contributed by atoms with Gasteiger partial charge in [0, 0.05) is 24.1 Å². The molecule has 0 amide bonds. The topological polar surface area (TPSA) is 54.6 Å². The standard InChI is InChI=1S/C24H23NO3/c1-15(2)16-6-11-20(12-7-16)28-24-21-13-10-19(27)14-22(21)25(3)23(24)17-4-8-18(26)9-5-17/h4-15,26-27H,1-3H3. The number of nitrogens with zero attached hydrogens (tertiary/aromatic N) is 1. The molecule has 4 aromatic rings. The molecule has 1 heterocycles. The molecule has 0 aliphatic heterocycles. The van der Waals surface area contributed by atoms with Crippen LogP contribution in [0, 0.1) is 0 Å². The molecule has 0 aliphatic carbocycles. The maximum absolute atomic E-state index is 9.95. The highest BCUT2D eigenvalue weighted by Crippen LogP contribution is 2.43. The van der Waals surface area contributed by atoms with Crippen LogP contribution in [0.5, 0.6) is 23.0 Å². The summed E-state index contributed by atoms with van der Waals surface area (Å²) in [6, 6.07) is 20.4. The number of fused-ring (bicyclic) bond motifs is 1. The first-order valence-electron chi connectivity index (χ1n) is 9.32. The van der Waals surface area contributed by atoms with Gasteiger partial charge < -0.3 is 19.5 Å². The van der Waals surface area contributed by atoms with Gasteiger partial charge in [0.25, 0.3) is 0 Å². The number of phenolic OH excluding ortho intramolecular Hbond substituents is 2. The minimum atomic E-state index is 0.207. The Kier molecular flexibility index (Phi) is 4.47. The normalized spacial score (nSPS) is 11.3. The van der Waals surface area contributed by atoms with Gasteiger partial charge in [-0.2, -0.15) is 0 Å². The second-order valence-electron chi connectivity index (χ2n) is 7.31. The third-order valence-electron chi connectivity index (χ3n) is 5.05. The van der Waals surface area contributed by atoms with Gasteiger partial charge in [-0.3, -0.25) is 0 Å². The summed E-state index contributed by atoms with van der Waals surface area (Å²) >= 11 is 0. The van der Waals surface area contributed by atoms with E-state index in [9.17, 15) is 10.2 Å². The minimum absolute atomic E-state index is 0.207. The molecule has 1 aromatic heterocycles. The second-order valence-corrected chi connectivity index (χ2v) is 7.31. The van der Waals surface area contributed by atoms with E-state index in [0.717, 1.165) is 33.7 Å². The van der Waals surface area contributed by atoms with Crippen molar-refractivity contribution in [2.24, 2.45) is 7.05 Å². The van der Waals surface area contributed by atoms with Crippen molar-refractivity contribution >= 4 is 10.9 Å². The molecule has 4 heteroatoms. The molecule has 0 spiro atoms. The Labute approximate surface area is 164 Å². The van der Waals surface area contributed by atoms with Crippen LogP contribution in [0.4, 0.5) is 0 Å².